The number of carboxylic acids is 1. The molecule has 0 saturated carbocycles. The number of carbonyl (C=O) groups excluding carboxylic acids is 1. The van der Waals surface area contributed by atoms with E-state index in [1.807, 2.05) is 6.92 Å². The molecule has 0 aromatic heterocycles. The van der Waals surface area contributed by atoms with Gasteiger partial charge in [0.05, 0.1) is 6.61 Å². The van der Waals surface area contributed by atoms with Crippen LogP contribution in [0.25, 0.3) is 0 Å². The van der Waals surface area contributed by atoms with Crippen LogP contribution in [0.5, 0.6) is 0 Å². The Labute approximate surface area is 102 Å². The predicted octanol–water partition coefficient (Wildman–Crippen LogP) is 0.677. The van der Waals surface area contributed by atoms with E-state index in [-0.39, 0.29) is 11.8 Å². The maximum absolute atomic E-state index is 11.4. The Morgan fingerprint density at radius 2 is 1.88 bits per heavy atom. The van der Waals surface area contributed by atoms with E-state index in [0.717, 1.165) is 0 Å². The first-order chi connectivity index (χ1) is 7.88. The molecule has 0 aliphatic carbocycles. The lowest BCUT2D eigenvalue weighted by molar-refractivity contribution is -0.140. The van der Waals surface area contributed by atoms with E-state index in [4.69, 9.17) is 9.84 Å². The fourth-order valence-electron chi connectivity index (χ4n) is 1.32. The lowest BCUT2D eigenvalue weighted by Crippen LogP contribution is -2.49. The van der Waals surface area contributed by atoms with Gasteiger partial charge in [-0.2, -0.15) is 0 Å². The number of urea groups is 1. The van der Waals surface area contributed by atoms with Crippen molar-refractivity contribution in [3.8, 4) is 0 Å². The molecular weight excluding hydrogens is 224 g/mol. The SMILES string of the molecule is COCC(C)CNC(=O)N[C@H](C(=O)O)C(C)C. The van der Waals surface area contributed by atoms with Crippen LogP contribution < -0.4 is 10.6 Å². The van der Waals surface area contributed by atoms with Gasteiger partial charge in [-0.3, -0.25) is 0 Å². The van der Waals surface area contributed by atoms with E-state index < -0.39 is 18.0 Å². The van der Waals surface area contributed by atoms with Gasteiger partial charge in [-0.15, -0.1) is 0 Å². The molecule has 6 nitrogen and oxygen atoms in total. The molecule has 0 aliphatic rings. The number of ether oxygens (including phenoxy) is 1. The Hall–Kier alpha value is -1.30. The fraction of sp³-hybridized carbons (Fsp3) is 0.818. The minimum atomic E-state index is -1.03. The molecular formula is C11H22N2O4. The van der Waals surface area contributed by atoms with Crippen molar-refractivity contribution in [3.63, 3.8) is 0 Å². The van der Waals surface area contributed by atoms with Crippen LogP contribution in [0.4, 0.5) is 4.79 Å². The van der Waals surface area contributed by atoms with Gasteiger partial charge in [-0.25, -0.2) is 9.59 Å². The van der Waals surface area contributed by atoms with Crippen molar-refractivity contribution in [2.75, 3.05) is 20.3 Å². The quantitative estimate of drug-likeness (QED) is 0.616. The van der Waals surface area contributed by atoms with Gasteiger partial charge in [0.2, 0.25) is 0 Å². The Morgan fingerprint density at radius 1 is 1.29 bits per heavy atom. The second-order valence-electron chi connectivity index (χ2n) is 4.47. The van der Waals surface area contributed by atoms with Gasteiger partial charge >= 0.3 is 12.0 Å². The smallest absolute Gasteiger partial charge is 0.326 e. The van der Waals surface area contributed by atoms with Crippen LogP contribution in [0.3, 0.4) is 0 Å². The van der Waals surface area contributed by atoms with E-state index in [9.17, 15) is 9.59 Å². The third kappa shape index (κ3) is 6.78. The van der Waals surface area contributed by atoms with Crippen molar-refractivity contribution in [2.24, 2.45) is 11.8 Å². The highest BCUT2D eigenvalue weighted by atomic mass is 16.5. The molecule has 0 spiro atoms. The first-order valence-corrected chi connectivity index (χ1v) is 5.64. The van der Waals surface area contributed by atoms with E-state index in [0.29, 0.717) is 13.2 Å². The van der Waals surface area contributed by atoms with Crippen molar-refractivity contribution in [3.05, 3.63) is 0 Å². The van der Waals surface area contributed by atoms with Crippen LogP contribution in [0.15, 0.2) is 0 Å². The predicted molar refractivity (Wildman–Crippen MR) is 63.8 cm³/mol. The lowest BCUT2D eigenvalue weighted by Gasteiger charge is -2.19. The second kappa shape index (κ2) is 7.89. The van der Waals surface area contributed by atoms with Crippen molar-refractivity contribution < 1.29 is 19.4 Å². The number of methoxy groups -OCH3 is 1. The van der Waals surface area contributed by atoms with Crippen LogP contribution in [0, 0.1) is 11.8 Å². The molecule has 0 fully saturated rings. The number of carboxylic acid groups (broad SMARTS) is 1. The van der Waals surface area contributed by atoms with Gasteiger partial charge in [0.25, 0.3) is 0 Å². The topological polar surface area (TPSA) is 87.7 Å². The third-order valence-corrected chi connectivity index (χ3v) is 2.28. The molecule has 17 heavy (non-hydrogen) atoms. The summed E-state index contributed by atoms with van der Waals surface area (Å²) in [6.07, 6.45) is 0. The van der Waals surface area contributed by atoms with Crippen LogP contribution >= 0.6 is 0 Å². The van der Waals surface area contributed by atoms with E-state index in [1.54, 1.807) is 21.0 Å². The van der Waals surface area contributed by atoms with E-state index >= 15 is 0 Å². The minimum Gasteiger partial charge on any atom is -0.480 e. The summed E-state index contributed by atoms with van der Waals surface area (Å²) in [7, 11) is 1.59. The summed E-state index contributed by atoms with van der Waals surface area (Å²) in [6, 6.07) is -1.33. The second-order valence-corrected chi connectivity index (χ2v) is 4.47. The first-order valence-electron chi connectivity index (χ1n) is 5.64. The number of hydrogen-bond acceptors (Lipinski definition) is 3. The van der Waals surface area contributed by atoms with Gasteiger partial charge in [0.1, 0.15) is 6.04 Å². The Bertz CT molecular complexity index is 256. The molecule has 1 unspecified atom stereocenters. The highest BCUT2D eigenvalue weighted by Crippen LogP contribution is 2.01. The van der Waals surface area contributed by atoms with E-state index in [1.165, 1.54) is 0 Å². The summed E-state index contributed by atoms with van der Waals surface area (Å²) in [5.74, 6) is -0.997. The van der Waals surface area contributed by atoms with Gasteiger partial charge in [0.15, 0.2) is 0 Å². The number of rotatable bonds is 7. The zero-order valence-electron chi connectivity index (χ0n) is 10.8. The third-order valence-electron chi connectivity index (χ3n) is 2.28. The Balaban J connectivity index is 4.03. The standard InChI is InChI=1S/C11H22N2O4/c1-7(2)9(10(14)15)13-11(16)12-5-8(3)6-17-4/h7-9H,5-6H2,1-4H3,(H,14,15)(H2,12,13,16)/t8?,9-/m0/s1. The Kier molecular flexibility index (Phi) is 7.29. The summed E-state index contributed by atoms with van der Waals surface area (Å²) < 4.78 is 4.93. The molecule has 0 aromatic carbocycles. The molecule has 0 aliphatic heterocycles. The van der Waals surface area contributed by atoms with Crippen LogP contribution in [0.2, 0.25) is 0 Å². The molecule has 2 atom stereocenters. The fourth-order valence-corrected chi connectivity index (χ4v) is 1.32. The molecule has 0 aromatic rings. The molecule has 0 radical (unpaired) electrons. The summed E-state index contributed by atoms with van der Waals surface area (Å²) in [5.41, 5.74) is 0. The zero-order valence-corrected chi connectivity index (χ0v) is 10.8. The average Bonchev–Trinajstić information content (AvgIpc) is 2.22. The number of aliphatic carboxylic acids is 1. The normalized spacial score (nSPS) is 14.2. The van der Waals surface area contributed by atoms with Gasteiger partial charge in [0, 0.05) is 13.7 Å². The van der Waals surface area contributed by atoms with Gasteiger partial charge < -0.3 is 20.5 Å². The van der Waals surface area contributed by atoms with Crippen LogP contribution in [0.1, 0.15) is 20.8 Å². The largest absolute Gasteiger partial charge is 0.480 e. The molecule has 3 N–H and O–H groups in total. The summed E-state index contributed by atoms with van der Waals surface area (Å²) in [4.78, 5) is 22.3. The number of amides is 2. The lowest BCUT2D eigenvalue weighted by atomic mass is 10.1. The van der Waals surface area contributed by atoms with Crippen molar-refractivity contribution in [1.29, 1.82) is 0 Å². The van der Waals surface area contributed by atoms with Crippen molar-refractivity contribution >= 4 is 12.0 Å². The molecule has 0 heterocycles. The minimum absolute atomic E-state index is 0.158. The molecule has 0 saturated heterocycles. The molecule has 2 amide bonds. The average molecular weight is 246 g/mol. The maximum atomic E-state index is 11.4. The summed E-state index contributed by atoms with van der Waals surface area (Å²) >= 11 is 0. The summed E-state index contributed by atoms with van der Waals surface area (Å²) in [6.45, 7) is 6.41. The molecule has 100 valence electrons. The highest BCUT2D eigenvalue weighted by Gasteiger charge is 2.23. The number of nitrogens with one attached hydrogen (secondary N) is 2. The zero-order chi connectivity index (χ0) is 13.4. The molecule has 6 heteroatoms. The monoisotopic (exact) mass is 246 g/mol. The summed E-state index contributed by atoms with van der Waals surface area (Å²) in [5, 5.41) is 13.9. The first kappa shape index (κ1) is 15.7. The number of hydrogen-bond donors (Lipinski definition) is 3. The van der Waals surface area contributed by atoms with Crippen LogP contribution in [-0.2, 0) is 9.53 Å². The molecule has 0 bridgehead atoms. The Morgan fingerprint density at radius 3 is 2.29 bits per heavy atom. The van der Waals surface area contributed by atoms with Crippen molar-refractivity contribution in [1.82, 2.24) is 10.6 Å². The van der Waals surface area contributed by atoms with Crippen LogP contribution in [-0.4, -0.2) is 43.4 Å². The maximum Gasteiger partial charge on any atom is 0.326 e. The number of carbonyl (C=O) groups is 2. The highest BCUT2D eigenvalue weighted by molar-refractivity contribution is 5.82. The van der Waals surface area contributed by atoms with E-state index in [2.05, 4.69) is 10.6 Å². The van der Waals surface area contributed by atoms with Crippen molar-refractivity contribution in [2.45, 2.75) is 26.8 Å². The van der Waals surface area contributed by atoms with Gasteiger partial charge in [-0.05, 0) is 11.8 Å². The van der Waals surface area contributed by atoms with Gasteiger partial charge in [-0.1, -0.05) is 20.8 Å². The molecule has 0 rings (SSSR count).